The summed E-state index contributed by atoms with van der Waals surface area (Å²) in [6.45, 7) is 5.76. The van der Waals surface area contributed by atoms with Crippen molar-refractivity contribution < 1.29 is 13.5 Å². The highest BCUT2D eigenvalue weighted by molar-refractivity contribution is 5.21. The maximum Gasteiger partial charge on any atom is 0.159 e. The molecule has 1 saturated carbocycles. The Morgan fingerprint density at radius 1 is 1.24 bits per heavy atom. The van der Waals surface area contributed by atoms with Crippen LogP contribution < -0.4 is 5.32 Å². The lowest BCUT2D eigenvalue weighted by Gasteiger charge is -2.37. The third kappa shape index (κ3) is 4.48. The average molecular weight is 297 g/mol. The Morgan fingerprint density at radius 3 is 2.62 bits per heavy atom. The van der Waals surface area contributed by atoms with E-state index in [0.717, 1.165) is 44.4 Å². The molecule has 0 saturated heterocycles. The third-order valence-corrected chi connectivity index (χ3v) is 4.15. The van der Waals surface area contributed by atoms with Crippen molar-refractivity contribution in [3.8, 4) is 0 Å². The van der Waals surface area contributed by atoms with Crippen LogP contribution in [0.1, 0.15) is 51.1 Å². The van der Waals surface area contributed by atoms with E-state index in [0.29, 0.717) is 12.0 Å². The molecule has 0 aliphatic heterocycles. The fraction of sp³-hybridized carbons (Fsp3) is 0.647. The molecule has 0 heterocycles. The van der Waals surface area contributed by atoms with E-state index in [2.05, 4.69) is 12.2 Å². The van der Waals surface area contributed by atoms with Crippen molar-refractivity contribution in [2.75, 3.05) is 13.2 Å². The van der Waals surface area contributed by atoms with Crippen LogP contribution in [0, 0.1) is 17.6 Å². The van der Waals surface area contributed by atoms with Crippen LogP contribution in [0.3, 0.4) is 0 Å². The van der Waals surface area contributed by atoms with Crippen LogP contribution in [-0.2, 0) is 4.74 Å². The topological polar surface area (TPSA) is 21.3 Å². The van der Waals surface area contributed by atoms with Gasteiger partial charge >= 0.3 is 0 Å². The van der Waals surface area contributed by atoms with Gasteiger partial charge in [0.2, 0.25) is 0 Å². The SMILES string of the molecule is CCCNC(CC1CC(OCC)C1)c1ccc(F)c(F)c1. The summed E-state index contributed by atoms with van der Waals surface area (Å²) in [6.07, 6.45) is 4.50. The second kappa shape index (κ2) is 7.85. The van der Waals surface area contributed by atoms with Gasteiger partial charge in [-0.25, -0.2) is 8.78 Å². The zero-order valence-corrected chi connectivity index (χ0v) is 12.9. The van der Waals surface area contributed by atoms with Crippen LogP contribution >= 0.6 is 0 Å². The molecule has 0 amide bonds. The van der Waals surface area contributed by atoms with Gasteiger partial charge in [-0.2, -0.15) is 0 Å². The van der Waals surface area contributed by atoms with Gasteiger partial charge in [-0.15, -0.1) is 0 Å². The normalized spacial score (nSPS) is 22.9. The summed E-state index contributed by atoms with van der Waals surface area (Å²) in [5.74, 6) is -0.950. The Bertz CT molecular complexity index is 446. The van der Waals surface area contributed by atoms with Gasteiger partial charge in [0, 0.05) is 12.6 Å². The van der Waals surface area contributed by atoms with Crippen LogP contribution in [0.25, 0.3) is 0 Å². The first kappa shape index (κ1) is 16.4. The van der Waals surface area contributed by atoms with E-state index in [9.17, 15) is 8.78 Å². The molecular formula is C17H25F2NO. The fourth-order valence-electron chi connectivity index (χ4n) is 2.96. The van der Waals surface area contributed by atoms with E-state index < -0.39 is 11.6 Å². The molecular weight excluding hydrogens is 272 g/mol. The van der Waals surface area contributed by atoms with Crippen molar-refractivity contribution in [1.82, 2.24) is 5.32 Å². The standard InChI is InChI=1S/C17H25F2NO/c1-3-7-20-17(10-12-8-14(9-12)21-4-2)13-5-6-15(18)16(19)11-13/h5-6,11-12,14,17,20H,3-4,7-10H2,1-2H3. The van der Waals surface area contributed by atoms with Crippen LogP contribution in [0.2, 0.25) is 0 Å². The van der Waals surface area contributed by atoms with Crippen molar-refractivity contribution in [1.29, 1.82) is 0 Å². The van der Waals surface area contributed by atoms with E-state index in [4.69, 9.17) is 4.74 Å². The molecule has 21 heavy (non-hydrogen) atoms. The molecule has 1 aliphatic carbocycles. The number of nitrogens with one attached hydrogen (secondary N) is 1. The van der Waals surface area contributed by atoms with Gasteiger partial charge < -0.3 is 10.1 Å². The Labute approximate surface area is 125 Å². The zero-order valence-electron chi connectivity index (χ0n) is 12.9. The first-order chi connectivity index (χ1) is 10.1. The number of ether oxygens (including phenoxy) is 1. The lowest BCUT2D eigenvalue weighted by atomic mass is 9.77. The second-order valence-electron chi connectivity index (χ2n) is 5.83. The first-order valence-electron chi connectivity index (χ1n) is 7.93. The molecule has 0 aromatic heterocycles. The highest BCUT2D eigenvalue weighted by atomic mass is 19.2. The lowest BCUT2D eigenvalue weighted by Crippen LogP contribution is -2.35. The Balaban J connectivity index is 1.96. The summed E-state index contributed by atoms with van der Waals surface area (Å²) < 4.78 is 32.1. The minimum Gasteiger partial charge on any atom is -0.378 e. The molecule has 0 radical (unpaired) electrons. The second-order valence-corrected chi connectivity index (χ2v) is 5.83. The van der Waals surface area contributed by atoms with Crippen molar-refractivity contribution in [2.45, 2.75) is 51.7 Å². The van der Waals surface area contributed by atoms with Crippen molar-refractivity contribution in [3.63, 3.8) is 0 Å². The van der Waals surface area contributed by atoms with E-state index in [-0.39, 0.29) is 6.04 Å². The van der Waals surface area contributed by atoms with E-state index in [1.165, 1.54) is 12.1 Å². The van der Waals surface area contributed by atoms with Gasteiger partial charge in [0.1, 0.15) is 0 Å². The highest BCUT2D eigenvalue weighted by Crippen LogP contribution is 2.37. The molecule has 118 valence electrons. The monoisotopic (exact) mass is 297 g/mol. The van der Waals surface area contributed by atoms with E-state index in [1.807, 2.05) is 6.92 Å². The van der Waals surface area contributed by atoms with Crippen LogP contribution in [0.15, 0.2) is 18.2 Å². The minimum absolute atomic E-state index is 0.0904. The molecule has 0 bridgehead atoms. The van der Waals surface area contributed by atoms with Crippen molar-refractivity contribution >= 4 is 0 Å². The molecule has 1 aromatic carbocycles. The number of benzene rings is 1. The summed E-state index contributed by atoms with van der Waals surface area (Å²) in [5, 5.41) is 3.45. The predicted octanol–water partition coefficient (Wildman–Crippen LogP) is 4.21. The molecule has 0 spiro atoms. The lowest BCUT2D eigenvalue weighted by molar-refractivity contribution is -0.0291. The van der Waals surface area contributed by atoms with Gasteiger partial charge in [0.15, 0.2) is 11.6 Å². The number of hydrogen-bond acceptors (Lipinski definition) is 2. The Morgan fingerprint density at radius 2 is 2.00 bits per heavy atom. The number of rotatable bonds is 8. The molecule has 1 atom stereocenters. The van der Waals surface area contributed by atoms with Crippen LogP contribution in [-0.4, -0.2) is 19.3 Å². The molecule has 1 N–H and O–H groups in total. The molecule has 4 heteroatoms. The summed E-state index contributed by atoms with van der Waals surface area (Å²) in [4.78, 5) is 0. The molecule has 2 nitrogen and oxygen atoms in total. The van der Waals surface area contributed by atoms with Crippen LogP contribution in [0.4, 0.5) is 8.78 Å². The largest absolute Gasteiger partial charge is 0.378 e. The van der Waals surface area contributed by atoms with Gasteiger partial charge in [-0.05, 0) is 62.8 Å². The Kier molecular flexibility index (Phi) is 6.12. The molecule has 1 fully saturated rings. The maximum absolute atomic E-state index is 13.4. The Hall–Kier alpha value is -1.00. The molecule has 1 aliphatic rings. The van der Waals surface area contributed by atoms with Gasteiger partial charge in [0.25, 0.3) is 0 Å². The summed E-state index contributed by atoms with van der Waals surface area (Å²) in [6, 6.07) is 4.31. The van der Waals surface area contributed by atoms with Gasteiger partial charge in [-0.3, -0.25) is 0 Å². The quantitative estimate of drug-likeness (QED) is 0.776. The number of halogens is 2. The summed E-state index contributed by atoms with van der Waals surface area (Å²) >= 11 is 0. The van der Waals surface area contributed by atoms with Gasteiger partial charge in [0.05, 0.1) is 6.10 Å². The van der Waals surface area contributed by atoms with E-state index >= 15 is 0 Å². The van der Waals surface area contributed by atoms with E-state index in [1.54, 1.807) is 6.07 Å². The molecule has 2 rings (SSSR count). The predicted molar refractivity (Wildman–Crippen MR) is 80.1 cm³/mol. The summed E-state index contributed by atoms with van der Waals surface area (Å²) in [7, 11) is 0. The zero-order chi connectivity index (χ0) is 15.2. The minimum atomic E-state index is -0.784. The smallest absolute Gasteiger partial charge is 0.159 e. The maximum atomic E-state index is 13.4. The fourth-order valence-corrected chi connectivity index (χ4v) is 2.96. The van der Waals surface area contributed by atoms with Crippen molar-refractivity contribution in [2.24, 2.45) is 5.92 Å². The number of hydrogen-bond donors (Lipinski definition) is 1. The first-order valence-corrected chi connectivity index (χ1v) is 7.93. The van der Waals surface area contributed by atoms with Crippen molar-refractivity contribution in [3.05, 3.63) is 35.4 Å². The molecule has 1 unspecified atom stereocenters. The summed E-state index contributed by atoms with van der Waals surface area (Å²) in [5.41, 5.74) is 0.835. The van der Waals surface area contributed by atoms with Crippen LogP contribution in [0.5, 0.6) is 0 Å². The third-order valence-electron chi connectivity index (χ3n) is 4.15. The van der Waals surface area contributed by atoms with Gasteiger partial charge in [-0.1, -0.05) is 13.0 Å². The highest BCUT2D eigenvalue weighted by Gasteiger charge is 2.31. The molecule has 1 aromatic rings. The average Bonchev–Trinajstić information content (AvgIpc) is 2.43.